The third kappa shape index (κ3) is 3.39. The first kappa shape index (κ1) is 8.56. The number of nitrogens with zero attached hydrogens (tertiary/aromatic N) is 1. The molecule has 0 fully saturated rings. The predicted molar refractivity (Wildman–Crippen MR) is 47.6 cm³/mol. The minimum atomic E-state index is -0.531. The molecular formula is C8H11NOS. The fraction of sp³-hybridized carbons (Fsp3) is 0.375. The van der Waals surface area contributed by atoms with Gasteiger partial charge in [-0.2, -0.15) is 0 Å². The second-order valence-corrected chi connectivity index (χ2v) is 2.94. The second kappa shape index (κ2) is 4.36. The van der Waals surface area contributed by atoms with Gasteiger partial charge in [-0.05, 0) is 25.0 Å². The highest BCUT2D eigenvalue weighted by Crippen LogP contribution is 2.03. The molecule has 11 heavy (non-hydrogen) atoms. The lowest BCUT2D eigenvalue weighted by atomic mass is 10.2. The van der Waals surface area contributed by atoms with Crippen LogP contribution in [0.5, 0.6) is 0 Å². The Balaban J connectivity index is 2.39. The predicted octanol–water partition coefficient (Wildman–Crippen LogP) is 1.26. The summed E-state index contributed by atoms with van der Waals surface area (Å²) in [6, 6.07) is 5.75. The van der Waals surface area contributed by atoms with Crippen molar-refractivity contribution in [2.24, 2.45) is 0 Å². The lowest BCUT2D eigenvalue weighted by molar-refractivity contribution is 0.255. The monoisotopic (exact) mass is 169 g/mol. The van der Waals surface area contributed by atoms with Crippen LogP contribution >= 0.6 is 12.6 Å². The fourth-order valence-corrected chi connectivity index (χ4v) is 0.952. The van der Waals surface area contributed by atoms with E-state index in [1.807, 2.05) is 18.2 Å². The molecule has 1 unspecified atom stereocenters. The zero-order valence-corrected chi connectivity index (χ0v) is 7.04. The van der Waals surface area contributed by atoms with E-state index in [0.29, 0.717) is 6.42 Å². The Bertz CT molecular complexity index is 201. The van der Waals surface area contributed by atoms with Gasteiger partial charge in [-0.15, -0.1) is 12.6 Å². The molecule has 2 nitrogen and oxygen atoms in total. The topological polar surface area (TPSA) is 33.1 Å². The average molecular weight is 169 g/mol. The van der Waals surface area contributed by atoms with Crippen LogP contribution in [0.3, 0.4) is 0 Å². The number of hydrogen-bond donors (Lipinski definition) is 2. The molecule has 1 aromatic rings. The summed E-state index contributed by atoms with van der Waals surface area (Å²) < 4.78 is 0. The first-order valence-corrected chi connectivity index (χ1v) is 4.07. The van der Waals surface area contributed by atoms with Crippen molar-refractivity contribution >= 4 is 12.6 Å². The van der Waals surface area contributed by atoms with E-state index in [9.17, 15) is 0 Å². The third-order valence-corrected chi connectivity index (χ3v) is 1.64. The smallest absolute Gasteiger partial charge is 0.0968 e. The Morgan fingerprint density at radius 2 is 2.36 bits per heavy atom. The number of aryl methyl sites for hydroxylation is 1. The lowest BCUT2D eigenvalue weighted by Gasteiger charge is -2.01. The molecule has 0 saturated heterocycles. The van der Waals surface area contributed by atoms with Gasteiger partial charge in [-0.25, -0.2) is 0 Å². The Labute approximate surface area is 71.7 Å². The first-order valence-electron chi connectivity index (χ1n) is 3.55. The molecule has 1 atom stereocenters. The summed E-state index contributed by atoms with van der Waals surface area (Å²) in [5.41, 5.74) is 0.470. The van der Waals surface area contributed by atoms with Gasteiger partial charge in [-0.3, -0.25) is 4.98 Å². The Hall–Kier alpha value is -0.540. The molecule has 1 N–H and O–H groups in total. The minimum absolute atomic E-state index is 0.531. The SMILES string of the molecule is OC(S)CCc1ccccn1. The van der Waals surface area contributed by atoms with E-state index in [4.69, 9.17) is 5.11 Å². The average Bonchev–Trinajstić information content (AvgIpc) is 2.03. The summed E-state index contributed by atoms with van der Waals surface area (Å²) in [5, 5.41) is 8.85. The normalized spacial score (nSPS) is 12.9. The van der Waals surface area contributed by atoms with Gasteiger partial charge in [-0.1, -0.05) is 6.07 Å². The van der Waals surface area contributed by atoms with Gasteiger partial charge in [0, 0.05) is 11.9 Å². The van der Waals surface area contributed by atoms with Crippen LogP contribution in [-0.2, 0) is 6.42 Å². The number of hydrogen-bond acceptors (Lipinski definition) is 3. The highest BCUT2D eigenvalue weighted by Gasteiger charge is 1.97. The van der Waals surface area contributed by atoms with Crippen LogP contribution in [0.25, 0.3) is 0 Å². The van der Waals surface area contributed by atoms with Crippen molar-refractivity contribution in [2.45, 2.75) is 18.3 Å². The van der Waals surface area contributed by atoms with Gasteiger partial charge in [0.1, 0.15) is 0 Å². The highest BCUT2D eigenvalue weighted by molar-refractivity contribution is 7.80. The molecule has 60 valence electrons. The Morgan fingerprint density at radius 3 is 2.91 bits per heavy atom. The van der Waals surface area contributed by atoms with Crippen molar-refractivity contribution in [3.05, 3.63) is 30.1 Å². The molecule has 3 heteroatoms. The maximum Gasteiger partial charge on any atom is 0.0968 e. The van der Waals surface area contributed by atoms with Crippen molar-refractivity contribution in [3.63, 3.8) is 0 Å². The van der Waals surface area contributed by atoms with Gasteiger partial charge >= 0.3 is 0 Å². The van der Waals surface area contributed by atoms with Crippen molar-refractivity contribution < 1.29 is 5.11 Å². The molecule has 0 amide bonds. The van der Waals surface area contributed by atoms with Crippen LogP contribution in [0.15, 0.2) is 24.4 Å². The molecule has 0 spiro atoms. The summed E-state index contributed by atoms with van der Waals surface area (Å²) in [6.07, 6.45) is 3.19. The van der Waals surface area contributed by atoms with E-state index < -0.39 is 5.44 Å². The van der Waals surface area contributed by atoms with Gasteiger partial charge in [0.05, 0.1) is 5.44 Å². The maximum atomic E-state index is 8.85. The van der Waals surface area contributed by atoms with Crippen LogP contribution in [0.4, 0.5) is 0 Å². The van der Waals surface area contributed by atoms with Crippen LogP contribution in [0.1, 0.15) is 12.1 Å². The summed E-state index contributed by atoms with van der Waals surface area (Å²) in [4.78, 5) is 4.11. The van der Waals surface area contributed by atoms with Gasteiger partial charge in [0.15, 0.2) is 0 Å². The van der Waals surface area contributed by atoms with E-state index in [2.05, 4.69) is 17.6 Å². The van der Waals surface area contributed by atoms with Crippen LogP contribution in [0.2, 0.25) is 0 Å². The van der Waals surface area contributed by atoms with Gasteiger partial charge < -0.3 is 5.11 Å². The molecule has 0 saturated carbocycles. The molecule has 0 radical (unpaired) electrons. The summed E-state index contributed by atoms with van der Waals surface area (Å²) in [7, 11) is 0. The van der Waals surface area contributed by atoms with Gasteiger partial charge in [0.25, 0.3) is 0 Å². The Kier molecular flexibility index (Phi) is 3.39. The van der Waals surface area contributed by atoms with Gasteiger partial charge in [0.2, 0.25) is 0 Å². The quantitative estimate of drug-likeness (QED) is 0.527. The molecule has 0 bridgehead atoms. The molecule has 1 aromatic heterocycles. The third-order valence-electron chi connectivity index (χ3n) is 1.38. The summed E-state index contributed by atoms with van der Waals surface area (Å²) in [6.45, 7) is 0. The van der Waals surface area contributed by atoms with Crippen molar-refractivity contribution in [2.75, 3.05) is 0 Å². The van der Waals surface area contributed by atoms with E-state index >= 15 is 0 Å². The fourth-order valence-electron chi connectivity index (χ4n) is 0.823. The van der Waals surface area contributed by atoms with Crippen LogP contribution < -0.4 is 0 Å². The molecule has 0 aliphatic carbocycles. The largest absolute Gasteiger partial charge is 0.383 e. The minimum Gasteiger partial charge on any atom is -0.383 e. The number of aliphatic hydroxyl groups excluding tert-OH is 1. The van der Waals surface area contributed by atoms with Crippen molar-refractivity contribution in [1.29, 1.82) is 0 Å². The maximum absolute atomic E-state index is 8.85. The lowest BCUT2D eigenvalue weighted by Crippen LogP contribution is -1.99. The number of pyridine rings is 1. The van der Waals surface area contributed by atoms with E-state index in [1.165, 1.54) is 0 Å². The van der Waals surface area contributed by atoms with Crippen LogP contribution in [-0.4, -0.2) is 15.5 Å². The number of thiol groups is 1. The molecule has 0 aliphatic rings. The first-order chi connectivity index (χ1) is 5.29. The molecule has 0 aromatic carbocycles. The Morgan fingerprint density at radius 1 is 1.55 bits per heavy atom. The standard InChI is InChI=1S/C8H11NOS/c10-8(11)5-4-7-3-1-2-6-9-7/h1-3,6,8,10-11H,4-5H2. The zero-order chi connectivity index (χ0) is 8.10. The number of aromatic nitrogens is 1. The molecular weight excluding hydrogens is 158 g/mol. The van der Waals surface area contributed by atoms with E-state index in [0.717, 1.165) is 12.1 Å². The summed E-state index contributed by atoms with van der Waals surface area (Å²) >= 11 is 3.86. The van der Waals surface area contributed by atoms with Crippen LogP contribution in [0, 0.1) is 0 Å². The molecule has 1 rings (SSSR count). The number of rotatable bonds is 3. The zero-order valence-electron chi connectivity index (χ0n) is 6.14. The molecule has 0 aliphatic heterocycles. The summed E-state index contributed by atoms with van der Waals surface area (Å²) in [5.74, 6) is 0. The number of aliphatic hydroxyl groups is 1. The van der Waals surface area contributed by atoms with E-state index in [1.54, 1.807) is 6.20 Å². The van der Waals surface area contributed by atoms with Crippen molar-refractivity contribution in [1.82, 2.24) is 4.98 Å². The highest BCUT2D eigenvalue weighted by atomic mass is 32.1. The molecule has 1 heterocycles. The second-order valence-electron chi connectivity index (χ2n) is 2.34. The van der Waals surface area contributed by atoms with E-state index in [-0.39, 0.29) is 0 Å². The van der Waals surface area contributed by atoms with Crippen molar-refractivity contribution in [3.8, 4) is 0 Å².